The van der Waals surface area contributed by atoms with Gasteiger partial charge in [-0.3, -0.25) is 9.59 Å². The van der Waals surface area contributed by atoms with Crippen molar-refractivity contribution < 1.29 is 19.1 Å². The van der Waals surface area contributed by atoms with Crippen LogP contribution in [-0.2, 0) is 27.3 Å². The number of para-hydroxylation sites is 1. The zero-order valence-corrected chi connectivity index (χ0v) is 18.2. The van der Waals surface area contributed by atoms with Gasteiger partial charge in [-0.2, -0.15) is 5.10 Å². The summed E-state index contributed by atoms with van der Waals surface area (Å²) in [6.45, 7) is 7.20. The first-order valence-corrected chi connectivity index (χ1v) is 10.8. The maximum absolute atomic E-state index is 13.2. The molecule has 0 spiro atoms. The molecule has 2 aromatic rings. The quantitative estimate of drug-likeness (QED) is 0.687. The maximum Gasteiger partial charge on any atom is 0.359 e. The van der Waals surface area contributed by atoms with Gasteiger partial charge in [0.25, 0.3) is 0 Å². The molecular formula is C23H28N4O4. The molecule has 3 heterocycles. The van der Waals surface area contributed by atoms with E-state index in [0.717, 1.165) is 16.9 Å². The highest BCUT2D eigenvalue weighted by molar-refractivity contribution is 5.91. The highest BCUT2D eigenvalue weighted by atomic mass is 16.5. The summed E-state index contributed by atoms with van der Waals surface area (Å²) in [6.07, 6.45) is 0.825. The number of amides is 2. The fourth-order valence-corrected chi connectivity index (χ4v) is 4.41. The van der Waals surface area contributed by atoms with E-state index in [2.05, 4.69) is 5.10 Å². The number of fused-ring (bicyclic) bond motifs is 1. The molecule has 2 aliphatic heterocycles. The van der Waals surface area contributed by atoms with Gasteiger partial charge in [-0.15, -0.1) is 0 Å². The van der Waals surface area contributed by atoms with Crippen molar-refractivity contribution in [2.75, 3.05) is 19.7 Å². The van der Waals surface area contributed by atoms with Gasteiger partial charge in [0.1, 0.15) is 0 Å². The van der Waals surface area contributed by atoms with E-state index in [9.17, 15) is 14.4 Å². The molecule has 0 bridgehead atoms. The van der Waals surface area contributed by atoms with Crippen LogP contribution in [0.15, 0.2) is 30.3 Å². The number of carbonyl (C=O) groups is 3. The molecule has 2 amide bonds. The van der Waals surface area contributed by atoms with Crippen molar-refractivity contribution in [2.45, 2.75) is 46.2 Å². The van der Waals surface area contributed by atoms with Gasteiger partial charge in [-0.05, 0) is 32.9 Å². The van der Waals surface area contributed by atoms with E-state index in [1.165, 1.54) is 0 Å². The molecule has 8 nitrogen and oxygen atoms in total. The van der Waals surface area contributed by atoms with Crippen molar-refractivity contribution in [3.63, 3.8) is 0 Å². The summed E-state index contributed by atoms with van der Waals surface area (Å²) >= 11 is 0. The summed E-state index contributed by atoms with van der Waals surface area (Å²) in [7, 11) is 0. The van der Waals surface area contributed by atoms with Crippen LogP contribution in [0.25, 0.3) is 5.69 Å². The fraction of sp³-hybridized carbons (Fsp3) is 0.478. The Hall–Kier alpha value is -3.16. The number of ether oxygens (including phenoxy) is 1. The second-order valence-electron chi connectivity index (χ2n) is 8.29. The molecule has 4 rings (SSSR count). The molecule has 0 saturated carbocycles. The minimum absolute atomic E-state index is 0.0233. The zero-order valence-electron chi connectivity index (χ0n) is 18.2. The molecule has 1 unspecified atom stereocenters. The largest absolute Gasteiger partial charge is 0.461 e. The van der Waals surface area contributed by atoms with Crippen molar-refractivity contribution in [1.29, 1.82) is 0 Å². The van der Waals surface area contributed by atoms with E-state index in [1.807, 2.05) is 44.2 Å². The zero-order chi connectivity index (χ0) is 22.1. The minimum atomic E-state index is -0.482. The lowest BCUT2D eigenvalue weighted by Crippen LogP contribution is -2.41. The Balaban J connectivity index is 1.62. The Morgan fingerprint density at radius 1 is 1.23 bits per heavy atom. The van der Waals surface area contributed by atoms with Crippen LogP contribution in [0, 0.1) is 5.92 Å². The topological polar surface area (TPSA) is 84.7 Å². The second-order valence-corrected chi connectivity index (χ2v) is 8.29. The van der Waals surface area contributed by atoms with Crippen molar-refractivity contribution in [3.05, 3.63) is 47.3 Å². The molecule has 1 aromatic heterocycles. The average Bonchev–Trinajstić information content (AvgIpc) is 3.34. The smallest absolute Gasteiger partial charge is 0.359 e. The average molecular weight is 425 g/mol. The predicted octanol–water partition coefficient (Wildman–Crippen LogP) is 2.19. The van der Waals surface area contributed by atoms with Crippen LogP contribution < -0.4 is 0 Å². The molecule has 1 saturated heterocycles. The number of hydrogen-bond donors (Lipinski definition) is 0. The Morgan fingerprint density at radius 3 is 2.61 bits per heavy atom. The standard InChI is InChI=1S/C23H28N4O4/c1-4-31-23(30)21-18-14-25(22(29)16-12-20(28)26(13-16)15(2)3)11-10-19(18)27(24-21)17-8-6-5-7-9-17/h5-9,15-16H,4,10-14H2,1-3H3. The van der Waals surface area contributed by atoms with Crippen molar-refractivity contribution in [3.8, 4) is 5.69 Å². The molecule has 1 fully saturated rings. The third-order valence-electron chi connectivity index (χ3n) is 5.97. The number of benzene rings is 1. The molecule has 31 heavy (non-hydrogen) atoms. The molecule has 2 aliphatic rings. The summed E-state index contributed by atoms with van der Waals surface area (Å²) < 4.78 is 7.00. The predicted molar refractivity (Wildman–Crippen MR) is 114 cm³/mol. The molecule has 1 atom stereocenters. The highest BCUT2D eigenvalue weighted by Crippen LogP contribution is 2.29. The van der Waals surface area contributed by atoms with E-state index < -0.39 is 5.97 Å². The first-order chi connectivity index (χ1) is 14.9. The van der Waals surface area contributed by atoms with Crippen LogP contribution in [0.5, 0.6) is 0 Å². The first-order valence-electron chi connectivity index (χ1n) is 10.8. The van der Waals surface area contributed by atoms with Gasteiger partial charge in [0, 0.05) is 44.1 Å². The Bertz CT molecular complexity index is 999. The van der Waals surface area contributed by atoms with E-state index in [1.54, 1.807) is 21.4 Å². The third kappa shape index (κ3) is 3.94. The van der Waals surface area contributed by atoms with Crippen molar-refractivity contribution in [1.82, 2.24) is 19.6 Å². The Morgan fingerprint density at radius 2 is 1.97 bits per heavy atom. The molecule has 1 aromatic carbocycles. The van der Waals surface area contributed by atoms with E-state index in [-0.39, 0.29) is 42.5 Å². The molecule has 0 N–H and O–H groups in total. The van der Waals surface area contributed by atoms with Crippen LogP contribution >= 0.6 is 0 Å². The van der Waals surface area contributed by atoms with Gasteiger partial charge in [0.15, 0.2) is 5.69 Å². The Kier molecular flexibility index (Phi) is 5.80. The summed E-state index contributed by atoms with van der Waals surface area (Å²) in [5.41, 5.74) is 2.77. The summed E-state index contributed by atoms with van der Waals surface area (Å²) in [4.78, 5) is 41.6. The van der Waals surface area contributed by atoms with E-state index in [4.69, 9.17) is 4.74 Å². The molecule has 8 heteroatoms. The number of hydrogen-bond acceptors (Lipinski definition) is 5. The lowest BCUT2D eigenvalue weighted by molar-refractivity contribution is -0.136. The minimum Gasteiger partial charge on any atom is -0.461 e. The number of likely N-dealkylation sites (tertiary alicyclic amines) is 1. The molecule has 0 radical (unpaired) electrons. The van der Waals surface area contributed by atoms with Crippen LogP contribution in [0.2, 0.25) is 0 Å². The summed E-state index contributed by atoms with van der Waals surface area (Å²) in [5, 5.41) is 4.56. The SMILES string of the molecule is CCOC(=O)c1nn(-c2ccccc2)c2c1CN(C(=O)C1CC(=O)N(C(C)C)C1)CC2. The van der Waals surface area contributed by atoms with Gasteiger partial charge >= 0.3 is 5.97 Å². The number of aromatic nitrogens is 2. The number of esters is 1. The van der Waals surface area contributed by atoms with E-state index in [0.29, 0.717) is 26.1 Å². The number of nitrogens with zero attached hydrogens (tertiary/aromatic N) is 4. The van der Waals surface area contributed by atoms with Crippen LogP contribution in [-0.4, -0.2) is 63.1 Å². The summed E-state index contributed by atoms with van der Waals surface area (Å²) in [5.74, 6) is -0.837. The highest BCUT2D eigenvalue weighted by Gasteiger charge is 2.39. The lowest BCUT2D eigenvalue weighted by Gasteiger charge is -2.30. The van der Waals surface area contributed by atoms with E-state index >= 15 is 0 Å². The first kappa shape index (κ1) is 21.1. The van der Waals surface area contributed by atoms with Gasteiger partial charge in [0.2, 0.25) is 11.8 Å². The van der Waals surface area contributed by atoms with Crippen LogP contribution in [0.1, 0.15) is 48.9 Å². The van der Waals surface area contributed by atoms with Crippen molar-refractivity contribution in [2.24, 2.45) is 5.92 Å². The second kappa shape index (κ2) is 8.53. The van der Waals surface area contributed by atoms with Crippen LogP contribution in [0.3, 0.4) is 0 Å². The summed E-state index contributed by atoms with van der Waals surface area (Å²) in [6, 6.07) is 9.72. The van der Waals surface area contributed by atoms with Crippen LogP contribution in [0.4, 0.5) is 0 Å². The monoisotopic (exact) mass is 424 g/mol. The number of carbonyl (C=O) groups excluding carboxylic acids is 3. The third-order valence-corrected chi connectivity index (χ3v) is 5.97. The normalized spacial score (nSPS) is 18.5. The van der Waals surface area contributed by atoms with Gasteiger partial charge in [-0.25, -0.2) is 9.48 Å². The fourth-order valence-electron chi connectivity index (χ4n) is 4.41. The molecular weight excluding hydrogens is 396 g/mol. The lowest BCUT2D eigenvalue weighted by atomic mass is 10.0. The number of rotatable bonds is 5. The van der Waals surface area contributed by atoms with Gasteiger partial charge in [0.05, 0.1) is 23.9 Å². The van der Waals surface area contributed by atoms with Gasteiger partial charge in [-0.1, -0.05) is 18.2 Å². The Labute approximate surface area is 181 Å². The molecule has 0 aliphatic carbocycles. The van der Waals surface area contributed by atoms with Crippen molar-refractivity contribution >= 4 is 17.8 Å². The maximum atomic E-state index is 13.2. The molecule has 164 valence electrons. The van der Waals surface area contributed by atoms with Gasteiger partial charge < -0.3 is 14.5 Å².